The molecule has 4 atom stereocenters. The summed E-state index contributed by atoms with van der Waals surface area (Å²) in [6.07, 6.45) is 6.32. The average molecular weight is 453 g/mol. The second-order valence-corrected chi connectivity index (χ2v) is 9.07. The molecule has 0 unspecified atom stereocenters. The van der Waals surface area contributed by atoms with E-state index in [-0.39, 0.29) is 36.6 Å². The molecular formula is C25H32N4O4. The van der Waals surface area contributed by atoms with Crippen LogP contribution in [0.3, 0.4) is 0 Å². The van der Waals surface area contributed by atoms with Crippen molar-refractivity contribution in [2.75, 3.05) is 26.8 Å². The first kappa shape index (κ1) is 24.7. The first-order chi connectivity index (χ1) is 15.8. The van der Waals surface area contributed by atoms with Gasteiger partial charge in [-0.2, -0.15) is 5.26 Å². The number of carbonyl (C=O) groups is 2. The maximum absolute atomic E-state index is 13.6. The Hall–Kier alpha value is -2.91. The van der Waals surface area contributed by atoms with Crippen LogP contribution >= 0.6 is 0 Å². The Kier molecular flexibility index (Phi) is 8.10. The lowest BCUT2D eigenvalue weighted by molar-refractivity contribution is -0.144. The fourth-order valence-corrected chi connectivity index (χ4v) is 4.79. The highest BCUT2D eigenvalue weighted by Gasteiger charge is 2.46. The molecule has 2 heterocycles. The van der Waals surface area contributed by atoms with Gasteiger partial charge in [0.15, 0.2) is 0 Å². The van der Waals surface area contributed by atoms with Crippen LogP contribution in [0.25, 0.3) is 0 Å². The third-order valence-electron chi connectivity index (χ3n) is 6.82. The largest absolute Gasteiger partial charge is 0.391 e. The smallest absolute Gasteiger partial charge is 0.243 e. The quantitative estimate of drug-likeness (QED) is 0.534. The number of likely N-dealkylation sites (N-methyl/N-ethyl adjacent to an activating group) is 1. The number of benzene rings is 1. The lowest BCUT2D eigenvalue weighted by Crippen LogP contribution is -2.58. The summed E-state index contributed by atoms with van der Waals surface area (Å²) in [4.78, 5) is 28.3. The van der Waals surface area contributed by atoms with E-state index in [1.54, 1.807) is 31.3 Å². The Morgan fingerprint density at radius 2 is 2.00 bits per heavy atom. The maximum Gasteiger partial charge on any atom is 0.243 e. The van der Waals surface area contributed by atoms with Crippen molar-refractivity contribution in [3.63, 3.8) is 0 Å². The fourth-order valence-electron chi connectivity index (χ4n) is 4.79. The minimum absolute atomic E-state index is 0.0710. The van der Waals surface area contributed by atoms with Gasteiger partial charge in [-0.05, 0) is 43.0 Å². The van der Waals surface area contributed by atoms with E-state index >= 15 is 0 Å². The second kappa shape index (κ2) is 10.8. The molecule has 0 saturated carbocycles. The van der Waals surface area contributed by atoms with Crippen LogP contribution in [0.2, 0.25) is 0 Å². The molecule has 2 aliphatic rings. The predicted octanol–water partition coefficient (Wildman–Crippen LogP) is 1.11. The zero-order chi connectivity index (χ0) is 24.0. The zero-order valence-electron chi connectivity index (χ0n) is 19.2. The molecule has 0 spiro atoms. The molecule has 8 nitrogen and oxygen atoms in total. The molecule has 8 heteroatoms. The van der Waals surface area contributed by atoms with Crippen molar-refractivity contribution in [3.8, 4) is 18.4 Å². The van der Waals surface area contributed by atoms with E-state index in [1.807, 2.05) is 0 Å². The normalized spacial score (nSPS) is 23.7. The molecule has 3 rings (SSSR count). The summed E-state index contributed by atoms with van der Waals surface area (Å²) in [6.45, 7) is 3.33. The Morgan fingerprint density at radius 1 is 1.33 bits per heavy atom. The van der Waals surface area contributed by atoms with Crippen LogP contribution in [0, 0.1) is 29.1 Å². The Bertz CT molecular complexity index is 927. The molecule has 1 aromatic rings. The number of amides is 2. The molecule has 2 aliphatic heterocycles. The third-order valence-corrected chi connectivity index (χ3v) is 6.82. The molecule has 33 heavy (non-hydrogen) atoms. The van der Waals surface area contributed by atoms with Gasteiger partial charge in [0, 0.05) is 31.7 Å². The number of nitriles is 1. The molecule has 0 aromatic heterocycles. The SMILES string of the molecule is C#Cc1ccc([C@H](CC#N)NC(=O)[C@@H]2C[C@@H](O)CN2C(=O)[C@@H](NC)C2(C)CCOCC2)cc1. The van der Waals surface area contributed by atoms with Crippen molar-refractivity contribution >= 4 is 11.8 Å². The van der Waals surface area contributed by atoms with Crippen molar-refractivity contribution < 1.29 is 19.4 Å². The minimum atomic E-state index is -0.807. The lowest BCUT2D eigenvalue weighted by atomic mass is 9.75. The monoisotopic (exact) mass is 452 g/mol. The number of hydrogen-bond acceptors (Lipinski definition) is 6. The molecule has 2 amide bonds. The topological polar surface area (TPSA) is 115 Å². The Balaban J connectivity index is 1.77. The van der Waals surface area contributed by atoms with Gasteiger partial charge in [-0.3, -0.25) is 9.59 Å². The molecule has 1 aromatic carbocycles. The van der Waals surface area contributed by atoms with E-state index in [2.05, 4.69) is 29.5 Å². The summed E-state index contributed by atoms with van der Waals surface area (Å²) in [6, 6.07) is 7.34. The standard InChI is InChI=1S/C25H32N4O4/c1-4-17-5-7-18(8-6-17)20(9-12-26)28-23(31)21-15-19(30)16-29(21)24(32)22(27-3)25(2)10-13-33-14-11-25/h1,5-8,19-22,27,30H,9-11,13-16H2,2-3H3,(H,28,31)/t19-,20+,21+,22-/m1/s1. The van der Waals surface area contributed by atoms with Gasteiger partial charge < -0.3 is 25.4 Å². The third kappa shape index (κ3) is 5.54. The number of rotatable bonds is 7. The summed E-state index contributed by atoms with van der Waals surface area (Å²) in [5.41, 5.74) is 1.15. The summed E-state index contributed by atoms with van der Waals surface area (Å²) >= 11 is 0. The van der Waals surface area contributed by atoms with Crippen LogP contribution in [0.4, 0.5) is 0 Å². The van der Waals surface area contributed by atoms with Crippen molar-refractivity contribution in [1.82, 2.24) is 15.5 Å². The first-order valence-corrected chi connectivity index (χ1v) is 11.3. The highest BCUT2D eigenvalue weighted by atomic mass is 16.5. The molecule has 2 saturated heterocycles. The average Bonchev–Trinajstić information content (AvgIpc) is 3.21. The van der Waals surface area contributed by atoms with E-state index in [4.69, 9.17) is 11.2 Å². The number of nitrogens with one attached hydrogen (secondary N) is 2. The van der Waals surface area contributed by atoms with Crippen LogP contribution in [0.1, 0.15) is 49.8 Å². The Morgan fingerprint density at radius 3 is 2.58 bits per heavy atom. The second-order valence-electron chi connectivity index (χ2n) is 9.07. The molecule has 0 bridgehead atoms. The molecular weight excluding hydrogens is 420 g/mol. The summed E-state index contributed by atoms with van der Waals surface area (Å²) in [5, 5.41) is 25.7. The predicted molar refractivity (Wildman–Crippen MR) is 123 cm³/mol. The zero-order valence-corrected chi connectivity index (χ0v) is 19.2. The molecule has 3 N–H and O–H groups in total. The number of aliphatic hydroxyl groups excluding tert-OH is 1. The van der Waals surface area contributed by atoms with Crippen molar-refractivity contribution in [1.29, 1.82) is 5.26 Å². The summed E-state index contributed by atoms with van der Waals surface area (Å²) in [7, 11) is 1.74. The number of terminal acetylenes is 1. The van der Waals surface area contributed by atoms with Gasteiger partial charge in [0.05, 0.1) is 30.7 Å². The molecule has 176 valence electrons. The van der Waals surface area contributed by atoms with Crippen molar-refractivity contribution in [2.24, 2.45) is 5.41 Å². The number of hydrogen-bond donors (Lipinski definition) is 3. The fraction of sp³-hybridized carbons (Fsp3) is 0.560. The molecule has 2 fully saturated rings. The number of carbonyl (C=O) groups excluding carboxylic acids is 2. The van der Waals surface area contributed by atoms with Gasteiger partial charge in [0.2, 0.25) is 11.8 Å². The maximum atomic E-state index is 13.6. The van der Waals surface area contributed by atoms with Crippen LogP contribution in [0.5, 0.6) is 0 Å². The number of aliphatic hydroxyl groups is 1. The Labute approximate surface area is 195 Å². The van der Waals surface area contributed by atoms with Crippen LogP contribution < -0.4 is 10.6 Å². The van der Waals surface area contributed by atoms with E-state index in [0.29, 0.717) is 18.8 Å². The van der Waals surface area contributed by atoms with Crippen molar-refractivity contribution in [3.05, 3.63) is 35.4 Å². The van der Waals surface area contributed by atoms with Gasteiger partial charge in [-0.15, -0.1) is 6.42 Å². The number of nitrogens with zero attached hydrogens (tertiary/aromatic N) is 2. The van der Waals surface area contributed by atoms with E-state index in [1.165, 1.54) is 4.90 Å². The molecule has 0 aliphatic carbocycles. The van der Waals surface area contributed by atoms with Crippen LogP contribution in [-0.2, 0) is 14.3 Å². The number of β-amino-alcohol motifs (C(OH)–C–C–N with tert-alkyl or cyclic N) is 1. The first-order valence-electron chi connectivity index (χ1n) is 11.3. The van der Waals surface area contributed by atoms with E-state index in [9.17, 15) is 20.0 Å². The van der Waals surface area contributed by atoms with Gasteiger partial charge in [-0.1, -0.05) is 25.0 Å². The number of likely N-dealkylation sites (tertiary alicyclic amines) is 1. The summed E-state index contributed by atoms with van der Waals surface area (Å²) < 4.78 is 5.47. The van der Waals surface area contributed by atoms with Gasteiger partial charge in [0.25, 0.3) is 0 Å². The van der Waals surface area contributed by atoms with E-state index in [0.717, 1.165) is 18.4 Å². The van der Waals surface area contributed by atoms with Crippen molar-refractivity contribution in [2.45, 2.75) is 56.8 Å². The van der Waals surface area contributed by atoms with Crippen LogP contribution in [-0.4, -0.2) is 66.8 Å². The van der Waals surface area contributed by atoms with Crippen LogP contribution in [0.15, 0.2) is 24.3 Å². The lowest BCUT2D eigenvalue weighted by Gasteiger charge is -2.41. The van der Waals surface area contributed by atoms with E-state index < -0.39 is 24.2 Å². The minimum Gasteiger partial charge on any atom is -0.391 e. The van der Waals surface area contributed by atoms with Gasteiger partial charge >= 0.3 is 0 Å². The number of ether oxygens (including phenoxy) is 1. The summed E-state index contributed by atoms with van der Waals surface area (Å²) in [5.74, 6) is 1.96. The van der Waals surface area contributed by atoms with Gasteiger partial charge in [0.1, 0.15) is 6.04 Å². The highest BCUT2D eigenvalue weighted by Crippen LogP contribution is 2.35. The molecule has 0 radical (unpaired) electrons. The highest BCUT2D eigenvalue weighted by molar-refractivity contribution is 5.91. The van der Waals surface area contributed by atoms with Gasteiger partial charge in [-0.25, -0.2) is 0 Å².